The number of fused-ring (bicyclic) bond motifs is 1. The van der Waals surface area contributed by atoms with Gasteiger partial charge in [-0.3, -0.25) is 0 Å². The molecule has 2 aromatic rings. The number of ether oxygens (including phenoxy) is 1. The highest BCUT2D eigenvalue weighted by Gasteiger charge is 2.32. The Balaban J connectivity index is 1.54. The molecule has 1 N–H and O–H groups in total. The fourth-order valence-electron chi connectivity index (χ4n) is 3.55. The highest BCUT2D eigenvalue weighted by molar-refractivity contribution is 7.86. The van der Waals surface area contributed by atoms with Gasteiger partial charge >= 0.3 is 0 Å². The number of aromatic amines is 1. The minimum absolute atomic E-state index is 0.427. The fraction of sp³-hybridized carbons (Fsp3) is 0.625. The number of anilines is 1. The van der Waals surface area contributed by atoms with E-state index in [0.29, 0.717) is 51.8 Å². The van der Waals surface area contributed by atoms with Crippen LogP contribution >= 0.6 is 0 Å². The van der Waals surface area contributed by atoms with Crippen molar-refractivity contribution in [2.45, 2.75) is 13.3 Å². The van der Waals surface area contributed by atoms with Gasteiger partial charge in [0.25, 0.3) is 10.2 Å². The number of morpholine rings is 1. The summed E-state index contributed by atoms with van der Waals surface area (Å²) >= 11 is 0. The monoisotopic (exact) mass is 380 g/mol. The van der Waals surface area contributed by atoms with E-state index >= 15 is 0 Å². The van der Waals surface area contributed by atoms with Crippen molar-refractivity contribution in [3.05, 3.63) is 18.1 Å². The Morgan fingerprint density at radius 2 is 1.81 bits per heavy atom. The molecule has 2 aliphatic heterocycles. The molecule has 142 valence electrons. The summed E-state index contributed by atoms with van der Waals surface area (Å²) in [7, 11) is -3.43. The Morgan fingerprint density at radius 3 is 2.62 bits per heavy atom. The molecule has 4 heterocycles. The van der Waals surface area contributed by atoms with Gasteiger partial charge in [-0.15, -0.1) is 0 Å². The first-order valence-corrected chi connectivity index (χ1v) is 10.3. The summed E-state index contributed by atoms with van der Waals surface area (Å²) in [5.74, 6) is 1.57. The second-order valence-corrected chi connectivity index (χ2v) is 8.52. The fourth-order valence-corrected chi connectivity index (χ4v) is 5.16. The van der Waals surface area contributed by atoms with Gasteiger partial charge in [0.2, 0.25) is 0 Å². The molecule has 0 unspecified atom stereocenters. The first-order valence-electron chi connectivity index (χ1n) is 8.95. The van der Waals surface area contributed by atoms with Gasteiger partial charge in [0.1, 0.15) is 11.3 Å². The van der Waals surface area contributed by atoms with Crippen LogP contribution in [0.25, 0.3) is 11.0 Å². The van der Waals surface area contributed by atoms with E-state index in [1.807, 2.05) is 19.2 Å². The molecule has 0 aliphatic carbocycles. The van der Waals surface area contributed by atoms with E-state index in [9.17, 15) is 8.42 Å². The summed E-state index contributed by atoms with van der Waals surface area (Å²) in [6, 6.07) is 1.93. The molecule has 0 saturated carbocycles. The van der Waals surface area contributed by atoms with Crippen molar-refractivity contribution in [2.75, 3.05) is 57.4 Å². The van der Waals surface area contributed by atoms with Crippen LogP contribution < -0.4 is 4.90 Å². The van der Waals surface area contributed by atoms with Crippen LogP contribution in [0.2, 0.25) is 0 Å². The second kappa shape index (κ2) is 7.10. The quantitative estimate of drug-likeness (QED) is 0.826. The topological polar surface area (TPSA) is 94.7 Å². The second-order valence-electron chi connectivity index (χ2n) is 6.59. The van der Waals surface area contributed by atoms with Crippen LogP contribution in [0.5, 0.6) is 0 Å². The number of nitrogens with one attached hydrogen (secondary N) is 1. The maximum Gasteiger partial charge on any atom is 0.282 e. The molecule has 0 amide bonds. The Labute approximate surface area is 153 Å². The molecule has 10 heteroatoms. The third-order valence-electron chi connectivity index (χ3n) is 4.88. The molecule has 4 rings (SSSR count). The standard InChI is InChI=1S/C16H24N6O3S/c1-13-18-14-3-4-17-15(14)16(19-13)20-5-2-6-21(8-7-20)26(23,24)22-9-11-25-12-10-22/h3-4,17H,2,5-12H2,1H3. The van der Waals surface area contributed by atoms with Crippen molar-refractivity contribution >= 4 is 27.1 Å². The summed E-state index contributed by atoms with van der Waals surface area (Å²) in [5.41, 5.74) is 1.79. The third-order valence-corrected chi connectivity index (χ3v) is 6.91. The molecule has 26 heavy (non-hydrogen) atoms. The maximum absolute atomic E-state index is 12.9. The lowest BCUT2D eigenvalue weighted by Gasteiger charge is -2.31. The van der Waals surface area contributed by atoms with Gasteiger partial charge in [0, 0.05) is 45.5 Å². The predicted octanol–water partition coefficient (Wildman–Crippen LogP) is 0.355. The molecule has 2 aromatic heterocycles. The Morgan fingerprint density at radius 1 is 1.04 bits per heavy atom. The van der Waals surface area contributed by atoms with Crippen molar-refractivity contribution < 1.29 is 13.2 Å². The Hall–Kier alpha value is -1.75. The summed E-state index contributed by atoms with van der Waals surface area (Å²) in [5, 5.41) is 0. The average Bonchev–Trinajstić information content (AvgIpc) is 2.96. The van der Waals surface area contributed by atoms with Crippen LogP contribution in [0.3, 0.4) is 0 Å². The van der Waals surface area contributed by atoms with Crippen molar-refractivity contribution in [1.29, 1.82) is 0 Å². The van der Waals surface area contributed by atoms with Crippen LogP contribution in [0.4, 0.5) is 5.82 Å². The average molecular weight is 380 g/mol. The van der Waals surface area contributed by atoms with Gasteiger partial charge in [-0.05, 0) is 19.4 Å². The van der Waals surface area contributed by atoms with Crippen LogP contribution in [0.1, 0.15) is 12.2 Å². The molecule has 0 atom stereocenters. The van der Waals surface area contributed by atoms with Crippen LogP contribution in [-0.4, -0.2) is 84.5 Å². The highest BCUT2D eigenvalue weighted by atomic mass is 32.2. The van der Waals surface area contributed by atoms with E-state index < -0.39 is 10.2 Å². The number of aromatic nitrogens is 3. The van der Waals surface area contributed by atoms with Gasteiger partial charge in [0.05, 0.1) is 18.7 Å². The smallest absolute Gasteiger partial charge is 0.282 e. The minimum atomic E-state index is -3.43. The maximum atomic E-state index is 12.9. The zero-order valence-corrected chi connectivity index (χ0v) is 15.7. The zero-order chi connectivity index (χ0) is 18.1. The number of aryl methyl sites for hydroxylation is 1. The van der Waals surface area contributed by atoms with Crippen LogP contribution in [0.15, 0.2) is 12.3 Å². The highest BCUT2D eigenvalue weighted by Crippen LogP contribution is 2.24. The van der Waals surface area contributed by atoms with Gasteiger partial charge in [-0.25, -0.2) is 9.97 Å². The first-order chi connectivity index (χ1) is 12.6. The van der Waals surface area contributed by atoms with E-state index in [1.54, 1.807) is 4.31 Å². The van der Waals surface area contributed by atoms with Gasteiger partial charge in [-0.1, -0.05) is 0 Å². The Bertz CT molecular complexity index is 877. The summed E-state index contributed by atoms with van der Waals surface area (Å²) in [6.45, 7) is 6.00. The number of nitrogens with zero attached hydrogens (tertiary/aromatic N) is 5. The van der Waals surface area contributed by atoms with Crippen molar-refractivity contribution in [1.82, 2.24) is 23.6 Å². The Kier molecular flexibility index (Phi) is 4.82. The summed E-state index contributed by atoms with van der Waals surface area (Å²) in [4.78, 5) is 14.4. The van der Waals surface area contributed by atoms with Crippen molar-refractivity contribution in [3.8, 4) is 0 Å². The van der Waals surface area contributed by atoms with E-state index in [2.05, 4.69) is 19.9 Å². The number of hydrogen-bond donors (Lipinski definition) is 1. The van der Waals surface area contributed by atoms with Gasteiger partial charge in [0.15, 0.2) is 5.82 Å². The molecule has 9 nitrogen and oxygen atoms in total. The van der Waals surface area contributed by atoms with Gasteiger partial charge < -0.3 is 14.6 Å². The van der Waals surface area contributed by atoms with E-state index in [-0.39, 0.29) is 0 Å². The largest absolute Gasteiger partial charge is 0.379 e. The lowest BCUT2D eigenvalue weighted by Crippen LogP contribution is -2.49. The molecule has 2 fully saturated rings. The third kappa shape index (κ3) is 3.29. The van der Waals surface area contributed by atoms with Crippen molar-refractivity contribution in [2.24, 2.45) is 0 Å². The molecule has 2 saturated heterocycles. The summed E-state index contributed by atoms with van der Waals surface area (Å²) in [6.07, 6.45) is 2.62. The zero-order valence-electron chi connectivity index (χ0n) is 14.9. The molecule has 0 spiro atoms. The lowest BCUT2D eigenvalue weighted by atomic mass is 10.3. The normalized spacial score (nSPS) is 21.2. The molecule has 0 bridgehead atoms. The van der Waals surface area contributed by atoms with Gasteiger partial charge in [-0.2, -0.15) is 17.0 Å². The molecule has 0 radical (unpaired) electrons. The molecular weight excluding hydrogens is 356 g/mol. The lowest BCUT2D eigenvalue weighted by molar-refractivity contribution is 0.0703. The number of hydrogen-bond acceptors (Lipinski definition) is 6. The summed E-state index contributed by atoms with van der Waals surface area (Å²) < 4.78 is 34.2. The van der Waals surface area contributed by atoms with Crippen LogP contribution in [0, 0.1) is 6.92 Å². The number of rotatable bonds is 3. The van der Waals surface area contributed by atoms with E-state index in [1.165, 1.54) is 4.31 Å². The van der Waals surface area contributed by atoms with Crippen molar-refractivity contribution in [3.63, 3.8) is 0 Å². The molecule has 2 aliphatic rings. The SMILES string of the molecule is Cc1nc(N2CCCN(S(=O)(=O)N3CCOCC3)CC2)c2[nH]ccc2n1. The number of H-pyrrole nitrogens is 1. The van der Waals surface area contributed by atoms with E-state index in [4.69, 9.17) is 4.74 Å². The predicted molar refractivity (Wildman–Crippen MR) is 98.3 cm³/mol. The minimum Gasteiger partial charge on any atom is -0.379 e. The molecule has 0 aromatic carbocycles. The van der Waals surface area contributed by atoms with Crippen LogP contribution in [-0.2, 0) is 14.9 Å². The molecular formula is C16H24N6O3S. The van der Waals surface area contributed by atoms with E-state index in [0.717, 1.165) is 29.8 Å². The first kappa shape index (κ1) is 17.7.